The minimum Gasteiger partial charge on any atom is -0.287 e. The molecule has 53 heavy (non-hydrogen) atoms. The number of hydrogen-bond acceptors (Lipinski definition) is 7. The number of hydrogen-bond donors (Lipinski definition) is 0. The second kappa shape index (κ2) is 17.9. The molecule has 0 bridgehead atoms. The Hall–Kier alpha value is -5.37. The minimum atomic E-state index is 0.709. The molecule has 0 fully saturated rings. The number of rotatable bonds is 17. The summed E-state index contributed by atoms with van der Waals surface area (Å²) in [6, 6.07) is 31.3. The van der Waals surface area contributed by atoms with Crippen LogP contribution in [0.4, 0.5) is 0 Å². The number of aryl methyl sites for hydroxylation is 1. The first-order chi connectivity index (χ1) is 26.1. The second-order valence-electron chi connectivity index (χ2n) is 14.0. The molecule has 0 unspecified atom stereocenters. The lowest BCUT2D eigenvalue weighted by atomic mass is 9.84. The zero-order chi connectivity index (χ0) is 36.2. The first-order valence-electron chi connectivity index (χ1n) is 19.0. The number of allylic oxidation sites excluding steroid dienone is 2. The van der Waals surface area contributed by atoms with E-state index in [0.29, 0.717) is 26.2 Å². The second-order valence-corrected chi connectivity index (χ2v) is 14.0. The van der Waals surface area contributed by atoms with E-state index in [1.54, 1.807) is 0 Å². The first-order valence-corrected chi connectivity index (χ1v) is 19.0. The molecule has 268 valence electrons. The largest absolute Gasteiger partial charge is 0.287 e. The predicted molar refractivity (Wildman–Crippen MR) is 215 cm³/mol. The summed E-state index contributed by atoms with van der Waals surface area (Å²) in [6.07, 6.45) is 16.5. The lowest BCUT2D eigenvalue weighted by molar-refractivity contribution is 0.242. The van der Waals surface area contributed by atoms with Crippen molar-refractivity contribution >= 4 is 22.0 Å². The van der Waals surface area contributed by atoms with Crippen molar-refractivity contribution < 1.29 is 0 Å². The zero-order valence-corrected chi connectivity index (χ0v) is 30.9. The molecule has 1 aromatic carbocycles. The van der Waals surface area contributed by atoms with Gasteiger partial charge in [0.2, 0.25) is 0 Å². The highest BCUT2D eigenvalue weighted by atomic mass is 15.1. The Morgan fingerprint density at radius 3 is 1.64 bits per heavy atom. The molecule has 0 atom stereocenters. The van der Waals surface area contributed by atoms with Crippen molar-refractivity contribution in [2.45, 2.75) is 78.2 Å². The molecule has 1 aliphatic rings. The standard InChI is InChI=1S/C46H49N7/c1-3-4-5-6-21-42-43-22-15-16-36(29-52(31-38-17-7-11-25-47-38)32-39-18-8-12-26-48-39)45(43)51-46-37(24-23-35(2)44(42)46)30-53(33-40-19-9-13-27-49-40)34-41-20-10-14-28-50-41/h7-20,22,24-28H,2-6,21,23,29-34H2,1H3. The summed E-state index contributed by atoms with van der Waals surface area (Å²) in [6.45, 7) is 11.2. The molecule has 6 aromatic rings. The fraction of sp³-hybridized carbons (Fsp3) is 0.283. The summed E-state index contributed by atoms with van der Waals surface area (Å²) in [7, 11) is 0. The van der Waals surface area contributed by atoms with E-state index in [9.17, 15) is 0 Å². The van der Waals surface area contributed by atoms with Crippen LogP contribution in [-0.4, -0.2) is 41.3 Å². The number of nitrogens with zero attached hydrogens (tertiary/aromatic N) is 7. The predicted octanol–water partition coefficient (Wildman–Crippen LogP) is 9.64. The van der Waals surface area contributed by atoms with Crippen LogP contribution in [0.15, 0.2) is 128 Å². The summed E-state index contributed by atoms with van der Waals surface area (Å²) in [5.41, 5.74) is 12.5. The van der Waals surface area contributed by atoms with Gasteiger partial charge in [-0.2, -0.15) is 0 Å². The van der Waals surface area contributed by atoms with E-state index in [1.807, 2.05) is 49.1 Å². The van der Waals surface area contributed by atoms with Crippen molar-refractivity contribution in [3.63, 3.8) is 0 Å². The Labute approximate surface area is 314 Å². The van der Waals surface area contributed by atoms with Crippen LogP contribution >= 0.6 is 0 Å². The van der Waals surface area contributed by atoms with Crippen LogP contribution in [0.3, 0.4) is 0 Å². The van der Waals surface area contributed by atoms with Gasteiger partial charge in [-0.15, -0.1) is 0 Å². The molecule has 0 saturated carbocycles. The van der Waals surface area contributed by atoms with Gasteiger partial charge in [-0.25, -0.2) is 4.98 Å². The monoisotopic (exact) mass is 699 g/mol. The number of para-hydroxylation sites is 1. The third kappa shape index (κ3) is 9.36. The van der Waals surface area contributed by atoms with Crippen molar-refractivity contribution in [2.24, 2.45) is 0 Å². The van der Waals surface area contributed by atoms with Gasteiger partial charge < -0.3 is 0 Å². The van der Waals surface area contributed by atoms with Crippen LogP contribution < -0.4 is 0 Å². The van der Waals surface area contributed by atoms with Gasteiger partial charge in [0.1, 0.15) is 0 Å². The third-order valence-electron chi connectivity index (χ3n) is 9.97. The SMILES string of the molecule is C=C1CC=C(CN(Cc2ccccn2)Cc2ccccn2)c2nc3c(CN(Cc4ccccn4)Cc4ccccn4)cccc3c(CCCCCC)c21. The molecule has 7 nitrogen and oxygen atoms in total. The molecule has 0 amide bonds. The average Bonchev–Trinajstić information content (AvgIpc) is 3.19. The molecule has 7 rings (SSSR count). The summed E-state index contributed by atoms with van der Waals surface area (Å²) >= 11 is 0. The van der Waals surface area contributed by atoms with E-state index >= 15 is 0 Å². The smallest absolute Gasteiger partial charge is 0.0757 e. The van der Waals surface area contributed by atoms with Gasteiger partial charge in [-0.05, 0) is 90.1 Å². The molecule has 0 N–H and O–H groups in total. The third-order valence-corrected chi connectivity index (χ3v) is 9.97. The fourth-order valence-electron chi connectivity index (χ4n) is 7.43. The first kappa shape index (κ1) is 36.0. The van der Waals surface area contributed by atoms with Crippen molar-refractivity contribution in [1.29, 1.82) is 0 Å². The average molecular weight is 700 g/mol. The topological polar surface area (TPSA) is 70.9 Å². The van der Waals surface area contributed by atoms with Crippen molar-refractivity contribution in [2.75, 3.05) is 6.54 Å². The maximum atomic E-state index is 5.64. The van der Waals surface area contributed by atoms with E-state index < -0.39 is 0 Å². The van der Waals surface area contributed by atoms with Gasteiger partial charge in [0, 0.05) is 75.0 Å². The van der Waals surface area contributed by atoms with E-state index in [1.165, 1.54) is 46.9 Å². The normalized spacial score (nSPS) is 12.7. The van der Waals surface area contributed by atoms with Crippen LogP contribution in [0.25, 0.3) is 22.0 Å². The minimum absolute atomic E-state index is 0.709. The van der Waals surface area contributed by atoms with Crippen LogP contribution in [0.1, 0.15) is 84.2 Å². The lowest BCUT2D eigenvalue weighted by Crippen LogP contribution is -2.27. The Morgan fingerprint density at radius 2 is 1.13 bits per heavy atom. The molecule has 0 saturated heterocycles. The Kier molecular flexibility index (Phi) is 12.2. The van der Waals surface area contributed by atoms with Crippen molar-refractivity contribution in [3.05, 3.63) is 174 Å². The van der Waals surface area contributed by atoms with Gasteiger partial charge in [-0.3, -0.25) is 29.7 Å². The van der Waals surface area contributed by atoms with Gasteiger partial charge >= 0.3 is 0 Å². The van der Waals surface area contributed by atoms with Gasteiger partial charge in [0.15, 0.2) is 0 Å². The Bertz CT molecular complexity index is 2030. The molecular weight excluding hydrogens is 651 g/mol. The fourth-order valence-corrected chi connectivity index (χ4v) is 7.43. The van der Waals surface area contributed by atoms with Crippen LogP contribution in [0, 0.1) is 0 Å². The highest BCUT2D eigenvalue weighted by Gasteiger charge is 2.26. The molecule has 0 radical (unpaired) electrons. The number of unbranched alkanes of at least 4 members (excludes halogenated alkanes) is 3. The molecule has 5 heterocycles. The highest BCUT2D eigenvalue weighted by molar-refractivity contribution is 5.95. The Morgan fingerprint density at radius 1 is 0.585 bits per heavy atom. The molecule has 5 aromatic heterocycles. The molecule has 7 heteroatoms. The zero-order valence-electron chi connectivity index (χ0n) is 30.9. The molecular formula is C46H49N7. The van der Waals surface area contributed by atoms with Gasteiger partial charge in [0.05, 0.1) is 34.0 Å². The van der Waals surface area contributed by atoms with Crippen molar-refractivity contribution in [1.82, 2.24) is 34.7 Å². The summed E-state index contributed by atoms with van der Waals surface area (Å²) < 4.78 is 0. The molecule has 0 aliphatic heterocycles. The van der Waals surface area contributed by atoms with Crippen molar-refractivity contribution in [3.8, 4) is 0 Å². The quantitative estimate of drug-likeness (QED) is 0.0879. The summed E-state index contributed by atoms with van der Waals surface area (Å²) in [5.74, 6) is 0. The number of pyridine rings is 5. The number of benzene rings is 1. The Balaban J connectivity index is 1.29. The van der Waals surface area contributed by atoms with E-state index in [2.05, 4.69) is 116 Å². The number of fused-ring (bicyclic) bond motifs is 2. The molecule has 1 aliphatic carbocycles. The van der Waals surface area contributed by atoms with Gasteiger partial charge in [0.25, 0.3) is 0 Å². The maximum absolute atomic E-state index is 5.64. The highest BCUT2D eigenvalue weighted by Crippen LogP contribution is 2.40. The van der Waals surface area contributed by atoms with Crippen LogP contribution in [-0.2, 0) is 39.1 Å². The maximum Gasteiger partial charge on any atom is 0.0757 e. The molecule has 0 spiro atoms. The number of aromatic nitrogens is 5. The van der Waals surface area contributed by atoms with E-state index in [4.69, 9.17) is 4.98 Å². The van der Waals surface area contributed by atoms with E-state index in [-0.39, 0.29) is 0 Å². The van der Waals surface area contributed by atoms with Gasteiger partial charge in [-0.1, -0.05) is 81.3 Å². The summed E-state index contributed by atoms with van der Waals surface area (Å²) in [4.78, 5) is 29.2. The summed E-state index contributed by atoms with van der Waals surface area (Å²) in [5, 5.41) is 1.24. The van der Waals surface area contributed by atoms with Crippen LogP contribution in [0.2, 0.25) is 0 Å². The van der Waals surface area contributed by atoms with Crippen LogP contribution in [0.5, 0.6) is 0 Å². The van der Waals surface area contributed by atoms with E-state index in [0.717, 1.165) is 71.9 Å². The lowest BCUT2D eigenvalue weighted by Gasteiger charge is -2.29.